The van der Waals surface area contributed by atoms with Crippen molar-refractivity contribution >= 4 is 17.3 Å². The molecule has 0 aromatic carbocycles. The first-order valence-electron chi connectivity index (χ1n) is 5.37. The lowest BCUT2D eigenvalue weighted by Gasteiger charge is -2.13. The molecule has 1 aromatic rings. The van der Waals surface area contributed by atoms with Crippen LogP contribution in [0, 0.1) is 0 Å². The molecule has 2 rings (SSSR count). The minimum absolute atomic E-state index is 0.204. The van der Waals surface area contributed by atoms with Gasteiger partial charge in [-0.2, -0.15) is 5.10 Å². The second-order valence-corrected chi connectivity index (χ2v) is 4.35. The summed E-state index contributed by atoms with van der Waals surface area (Å²) in [6.07, 6.45) is 3.94. The zero-order valence-corrected chi connectivity index (χ0v) is 9.92. The Morgan fingerprint density at radius 1 is 1.75 bits per heavy atom. The van der Waals surface area contributed by atoms with E-state index in [1.165, 1.54) is 11.1 Å². The molecule has 16 heavy (non-hydrogen) atoms. The fourth-order valence-corrected chi connectivity index (χ4v) is 2.04. The average molecular weight is 243 g/mol. The number of anilines is 1. The molecule has 2 N–H and O–H groups in total. The Morgan fingerprint density at radius 3 is 3.25 bits per heavy atom. The molecule has 0 saturated carbocycles. The van der Waals surface area contributed by atoms with Gasteiger partial charge in [-0.25, -0.2) is 4.68 Å². The Hall–Kier alpha value is -1.07. The maximum atomic E-state index is 11.5. The normalized spacial score (nSPS) is 20.0. The first-order chi connectivity index (χ1) is 7.68. The summed E-state index contributed by atoms with van der Waals surface area (Å²) >= 11 is 5.93. The predicted molar refractivity (Wildman–Crippen MR) is 64.0 cm³/mol. The van der Waals surface area contributed by atoms with Gasteiger partial charge in [-0.15, -0.1) is 0 Å². The molecule has 1 aromatic heterocycles. The lowest BCUT2D eigenvalue weighted by molar-refractivity contribution is 0.632. The van der Waals surface area contributed by atoms with Crippen molar-refractivity contribution in [3.8, 4) is 0 Å². The number of hydrogen-bond acceptors (Lipinski definition) is 4. The maximum Gasteiger partial charge on any atom is 0.287 e. The smallest absolute Gasteiger partial charge is 0.287 e. The second-order valence-electron chi connectivity index (χ2n) is 3.98. The number of halogens is 1. The molecular formula is C10H15ClN4O. The van der Waals surface area contributed by atoms with E-state index in [9.17, 15) is 4.79 Å². The van der Waals surface area contributed by atoms with Crippen molar-refractivity contribution < 1.29 is 0 Å². The van der Waals surface area contributed by atoms with Crippen LogP contribution in [0.2, 0.25) is 5.02 Å². The maximum absolute atomic E-state index is 11.5. The summed E-state index contributed by atoms with van der Waals surface area (Å²) in [7, 11) is 1.58. The number of aromatic nitrogens is 2. The number of nitrogens with one attached hydrogen (secondary N) is 2. The van der Waals surface area contributed by atoms with Crippen LogP contribution in [0.15, 0.2) is 11.0 Å². The van der Waals surface area contributed by atoms with E-state index in [1.807, 2.05) is 0 Å². The summed E-state index contributed by atoms with van der Waals surface area (Å²) in [6.45, 7) is 1.84. The largest absolute Gasteiger partial charge is 0.381 e. The number of rotatable bonds is 3. The van der Waals surface area contributed by atoms with E-state index in [0.29, 0.717) is 11.7 Å². The molecule has 0 bridgehead atoms. The fraction of sp³-hybridized carbons (Fsp3) is 0.600. The second kappa shape index (κ2) is 4.84. The van der Waals surface area contributed by atoms with Gasteiger partial charge < -0.3 is 10.6 Å². The van der Waals surface area contributed by atoms with Gasteiger partial charge in [0.1, 0.15) is 5.02 Å². The first-order valence-corrected chi connectivity index (χ1v) is 5.75. The molecule has 88 valence electrons. The van der Waals surface area contributed by atoms with Crippen molar-refractivity contribution in [2.45, 2.75) is 18.9 Å². The summed E-state index contributed by atoms with van der Waals surface area (Å²) in [6, 6.07) is 0.458. The summed E-state index contributed by atoms with van der Waals surface area (Å²) in [5, 5.41) is 10.6. The molecule has 1 unspecified atom stereocenters. The molecule has 1 saturated heterocycles. The molecular weight excluding hydrogens is 228 g/mol. The molecule has 1 aliphatic rings. The number of hydrogen-bond donors (Lipinski definition) is 2. The zero-order chi connectivity index (χ0) is 11.5. The Bertz CT molecular complexity index is 425. The van der Waals surface area contributed by atoms with Crippen LogP contribution in [0.25, 0.3) is 0 Å². The lowest BCUT2D eigenvalue weighted by atomic mass is 10.2. The molecule has 0 spiro atoms. The molecule has 1 aliphatic heterocycles. The van der Waals surface area contributed by atoms with E-state index in [1.54, 1.807) is 13.2 Å². The highest BCUT2D eigenvalue weighted by Crippen LogP contribution is 2.15. The Kier molecular flexibility index (Phi) is 3.46. The molecule has 2 heterocycles. The number of aryl methyl sites for hydroxylation is 1. The van der Waals surface area contributed by atoms with Crippen molar-refractivity contribution in [3.63, 3.8) is 0 Å². The van der Waals surface area contributed by atoms with Crippen molar-refractivity contribution in [2.75, 3.05) is 18.4 Å². The van der Waals surface area contributed by atoms with Crippen molar-refractivity contribution in [1.29, 1.82) is 0 Å². The van der Waals surface area contributed by atoms with E-state index in [0.717, 1.165) is 19.5 Å². The third-order valence-electron chi connectivity index (χ3n) is 2.78. The summed E-state index contributed by atoms with van der Waals surface area (Å²) < 4.78 is 1.22. The quantitative estimate of drug-likeness (QED) is 0.815. The molecule has 1 atom stereocenters. The van der Waals surface area contributed by atoms with E-state index < -0.39 is 0 Å². The van der Waals surface area contributed by atoms with Gasteiger partial charge in [-0.1, -0.05) is 11.6 Å². The van der Waals surface area contributed by atoms with Gasteiger partial charge in [0, 0.05) is 19.6 Å². The molecule has 0 aliphatic carbocycles. The van der Waals surface area contributed by atoms with E-state index in [4.69, 9.17) is 11.6 Å². The van der Waals surface area contributed by atoms with Crippen LogP contribution in [0.1, 0.15) is 12.8 Å². The van der Waals surface area contributed by atoms with Crippen LogP contribution in [-0.2, 0) is 7.05 Å². The SMILES string of the molecule is Cn1ncc(NCC2CCCN2)c(Cl)c1=O. The zero-order valence-electron chi connectivity index (χ0n) is 9.16. The van der Waals surface area contributed by atoms with Crippen LogP contribution in [-0.4, -0.2) is 28.9 Å². The van der Waals surface area contributed by atoms with Gasteiger partial charge >= 0.3 is 0 Å². The van der Waals surface area contributed by atoms with E-state index >= 15 is 0 Å². The molecule has 5 nitrogen and oxygen atoms in total. The van der Waals surface area contributed by atoms with Gasteiger partial charge in [0.15, 0.2) is 0 Å². The monoisotopic (exact) mass is 242 g/mol. The van der Waals surface area contributed by atoms with Gasteiger partial charge in [0.2, 0.25) is 0 Å². The minimum Gasteiger partial charge on any atom is -0.381 e. The summed E-state index contributed by atoms with van der Waals surface area (Å²) in [5.74, 6) is 0. The topological polar surface area (TPSA) is 59.0 Å². The number of nitrogens with zero attached hydrogens (tertiary/aromatic N) is 2. The summed E-state index contributed by atoms with van der Waals surface area (Å²) in [5.41, 5.74) is 0.338. The van der Waals surface area contributed by atoms with Crippen molar-refractivity contribution in [3.05, 3.63) is 21.6 Å². The lowest BCUT2D eigenvalue weighted by Crippen LogP contribution is -2.30. The van der Waals surface area contributed by atoms with Crippen molar-refractivity contribution in [2.24, 2.45) is 7.05 Å². The Morgan fingerprint density at radius 2 is 2.56 bits per heavy atom. The summed E-state index contributed by atoms with van der Waals surface area (Å²) in [4.78, 5) is 11.5. The van der Waals surface area contributed by atoms with Crippen molar-refractivity contribution in [1.82, 2.24) is 15.1 Å². The fourth-order valence-electron chi connectivity index (χ4n) is 1.80. The van der Waals surface area contributed by atoms with Crippen LogP contribution >= 0.6 is 11.6 Å². The van der Waals surface area contributed by atoms with Gasteiger partial charge in [0.25, 0.3) is 5.56 Å². The first kappa shape index (κ1) is 11.4. The predicted octanol–water partition coefficient (Wildman–Crippen LogP) is 0.598. The molecule has 0 radical (unpaired) electrons. The highest BCUT2D eigenvalue weighted by atomic mass is 35.5. The van der Waals surface area contributed by atoms with E-state index in [-0.39, 0.29) is 10.6 Å². The van der Waals surface area contributed by atoms with Crippen LogP contribution in [0.3, 0.4) is 0 Å². The van der Waals surface area contributed by atoms with Crippen LogP contribution in [0.5, 0.6) is 0 Å². The van der Waals surface area contributed by atoms with Gasteiger partial charge in [0.05, 0.1) is 11.9 Å². The van der Waals surface area contributed by atoms with E-state index in [2.05, 4.69) is 15.7 Å². The van der Waals surface area contributed by atoms with Gasteiger partial charge in [-0.05, 0) is 19.4 Å². The van der Waals surface area contributed by atoms with Gasteiger partial charge in [-0.3, -0.25) is 4.79 Å². The Balaban J connectivity index is 2.04. The third-order valence-corrected chi connectivity index (χ3v) is 3.14. The molecule has 6 heteroatoms. The highest BCUT2D eigenvalue weighted by molar-refractivity contribution is 6.32. The van der Waals surface area contributed by atoms with Crippen LogP contribution < -0.4 is 16.2 Å². The van der Waals surface area contributed by atoms with Crippen LogP contribution in [0.4, 0.5) is 5.69 Å². The molecule has 1 fully saturated rings. The molecule has 0 amide bonds. The third kappa shape index (κ3) is 2.36. The Labute approximate surface area is 98.8 Å². The highest BCUT2D eigenvalue weighted by Gasteiger charge is 2.14. The average Bonchev–Trinajstić information content (AvgIpc) is 2.78. The standard InChI is InChI=1S/C10H15ClN4O/c1-15-10(16)9(11)8(6-14-15)13-5-7-3-2-4-12-7/h6-7,12-13H,2-5H2,1H3. The minimum atomic E-state index is -0.272.